The van der Waals surface area contributed by atoms with E-state index >= 15 is 0 Å². The number of ether oxygens (including phenoxy) is 2. The van der Waals surface area contributed by atoms with E-state index in [1.807, 2.05) is 44.2 Å². The van der Waals surface area contributed by atoms with Crippen LogP contribution < -0.4 is 11.1 Å². The van der Waals surface area contributed by atoms with Crippen LogP contribution in [0.4, 0.5) is 0 Å². The van der Waals surface area contributed by atoms with Gasteiger partial charge in [-0.2, -0.15) is 0 Å². The minimum Gasteiger partial charge on any atom is -0.351 e. The molecule has 1 rings (SSSR count). The molecule has 1 atom stereocenters. The summed E-state index contributed by atoms with van der Waals surface area (Å²) < 4.78 is 10.8. The molecular formula is C15H24N2O3. The summed E-state index contributed by atoms with van der Waals surface area (Å²) in [4.78, 5) is 12.2. The predicted octanol–water partition coefficient (Wildman–Crippen LogP) is 1.24. The van der Waals surface area contributed by atoms with Crippen LogP contribution in [0.15, 0.2) is 30.3 Å². The Kier molecular flexibility index (Phi) is 7.87. The van der Waals surface area contributed by atoms with E-state index in [0.29, 0.717) is 19.8 Å². The number of benzene rings is 1. The first-order valence-electron chi connectivity index (χ1n) is 6.98. The second-order valence-corrected chi connectivity index (χ2v) is 4.28. The number of nitrogens with one attached hydrogen (secondary N) is 1. The van der Waals surface area contributed by atoms with Crippen molar-refractivity contribution in [3.05, 3.63) is 35.9 Å². The number of carbonyl (C=O) groups excluding carboxylic acids is 1. The minimum absolute atomic E-state index is 0.108. The summed E-state index contributed by atoms with van der Waals surface area (Å²) >= 11 is 0. The molecule has 0 aliphatic carbocycles. The first-order valence-corrected chi connectivity index (χ1v) is 6.98. The van der Waals surface area contributed by atoms with Crippen LogP contribution in [-0.2, 0) is 14.3 Å². The van der Waals surface area contributed by atoms with Crippen molar-refractivity contribution in [2.24, 2.45) is 5.73 Å². The molecule has 20 heavy (non-hydrogen) atoms. The Morgan fingerprint density at radius 3 is 2.30 bits per heavy atom. The second kappa shape index (κ2) is 9.47. The Hall–Kier alpha value is -1.43. The van der Waals surface area contributed by atoms with Crippen molar-refractivity contribution in [3.8, 4) is 0 Å². The lowest BCUT2D eigenvalue weighted by molar-refractivity contribution is -0.141. The molecule has 0 radical (unpaired) electrons. The summed E-state index contributed by atoms with van der Waals surface area (Å²) in [5.74, 6) is -0.455. The highest BCUT2D eigenvalue weighted by atomic mass is 16.7. The zero-order valence-electron chi connectivity index (χ0n) is 12.2. The molecule has 1 aromatic rings. The molecule has 5 heteroatoms. The fraction of sp³-hybridized carbons (Fsp3) is 0.533. The van der Waals surface area contributed by atoms with Crippen LogP contribution >= 0.6 is 0 Å². The van der Waals surface area contributed by atoms with Crippen molar-refractivity contribution in [2.45, 2.75) is 26.1 Å². The van der Waals surface area contributed by atoms with Gasteiger partial charge in [0.2, 0.25) is 5.91 Å². The van der Waals surface area contributed by atoms with Crippen molar-refractivity contribution in [3.63, 3.8) is 0 Å². The molecule has 3 N–H and O–H groups in total. The summed E-state index contributed by atoms with van der Waals surface area (Å²) in [5, 5.41) is 2.83. The van der Waals surface area contributed by atoms with Gasteiger partial charge in [0.25, 0.3) is 0 Å². The Balaban J connectivity index is 2.55. The number of rotatable bonds is 9. The average molecular weight is 280 g/mol. The first kappa shape index (κ1) is 16.6. The Morgan fingerprint density at radius 1 is 1.20 bits per heavy atom. The van der Waals surface area contributed by atoms with E-state index in [-0.39, 0.29) is 18.4 Å². The smallest absolute Gasteiger partial charge is 0.229 e. The second-order valence-electron chi connectivity index (χ2n) is 4.28. The fourth-order valence-corrected chi connectivity index (χ4v) is 1.92. The van der Waals surface area contributed by atoms with E-state index < -0.39 is 6.29 Å². The third-order valence-electron chi connectivity index (χ3n) is 2.90. The number of hydrogen-bond donors (Lipinski definition) is 2. The summed E-state index contributed by atoms with van der Waals surface area (Å²) in [5.41, 5.74) is 6.62. The van der Waals surface area contributed by atoms with Crippen molar-refractivity contribution in [1.82, 2.24) is 5.32 Å². The Morgan fingerprint density at radius 2 is 1.80 bits per heavy atom. The highest BCUT2D eigenvalue weighted by molar-refractivity contribution is 5.83. The molecular weight excluding hydrogens is 256 g/mol. The first-order chi connectivity index (χ1) is 9.72. The standard InChI is InChI=1S/C15H24N2O3/c1-3-19-14(20-4-2)11-17-15(18)13(10-16)12-8-6-5-7-9-12/h5-9,13-14H,3-4,10-11,16H2,1-2H3,(H,17,18). The van der Waals surface area contributed by atoms with Crippen LogP contribution in [0.25, 0.3) is 0 Å². The van der Waals surface area contributed by atoms with Gasteiger partial charge >= 0.3 is 0 Å². The molecule has 0 fully saturated rings. The molecule has 0 bridgehead atoms. The molecule has 112 valence electrons. The quantitative estimate of drug-likeness (QED) is 0.668. The van der Waals surface area contributed by atoms with E-state index in [9.17, 15) is 4.79 Å². The van der Waals surface area contributed by atoms with Gasteiger partial charge in [0.05, 0.1) is 12.5 Å². The van der Waals surface area contributed by atoms with Crippen molar-refractivity contribution in [1.29, 1.82) is 0 Å². The summed E-state index contributed by atoms with van der Waals surface area (Å²) in [7, 11) is 0. The molecule has 5 nitrogen and oxygen atoms in total. The molecule has 1 unspecified atom stereocenters. The normalized spacial score (nSPS) is 12.4. The van der Waals surface area contributed by atoms with E-state index in [2.05, 4.69) is 5.32 Å². The molecule has 0 saturated heterocycles. The van der Waals surface area contributed by atoms with Gasteiger partial charge in [0.1, 0.15) is 0 Å². The average Bonchev–Trinajstić information content (AvgIpc) is 2.47. The van der Waals surface area contributed by atoms with Gasteiger partial charge in [-0.05, 0) is 19.4 Å². The maximum absolute atomic E-state index is 12.2. The molecule has 0 saturated carbocycles. The maximum atomic E-state index is 12.2. The zero-order valence-corrected chi connectivity index (χ0v) is 12.2. The summed E-state index contributed by atoms with van der Waals surface area (Å²) in [6.07, 6.45) is -0.414. The summed E-state index contributed by atoms with van der Waals surface area (Å²) in [6, 6.07) is 9.51. The van der Waals surface area contributed by atoms with Crippen molar-refractivity contribution < 1.29 is 14.3 Å². The van der Waals surface area contributed by atoms with Crippen LogP contribution in [0.5, 0.6) is 0 Å². The number of nitrogens with two attached hydrogens (primary N) is 1. The monoisotopic (exact) mass is 280 g/mol. The van der Waals surface area contributed by atoms with Gasteiger partial charge in [0.15, 0.2) is 6.29 Å². The lowest BCUT2D eigenvalue weighted by atomic mass is 9.98. The molecule has 0 aliphatic rings. The predicted molar refractivity (Wildman–Crippen MR) is 78.3 cm³/mol. The van der Waals surface area contributed by atoms with Gasteiger partial charge in [-0.25, -0.2) is 0 Å². The number of carbonyl (C=O) groups is 1. The van der Waals surface area contributed by atoms with Crippen LogP contribution in [0.2, 0.25) is 0 Å². The van der Waals surface area contributed by atoms with Gasteiger partial charge < -0.3 is 20.5 Å². The largest absolute Gasteiger partial charge is 0.351 e. The molecule has 1 aromatic carbocycles. The highest BCUT2D eigenvalue weighted by Crippen LogP contribution is 2.14. The van der Waals surface area contributed by atoms with E-state index in [1.54, 1.807) is 0 Å². The van der Waals surface area contributed by atoms with Crippen LogP contribution in [0.3, 0.4) is 0 Å². The molecule has 0 spiro atoms. The lowest BCUT2D eigenvalue weighted by Gasteiger charge is -2.20. The SMILES string of the molecule is CCOC(CNC(=O)C(CN)c1ccccc1)OCC. The Labute approximate surface area is 120 Å². The van der Waals surface area contributed by atoms with Crippen molar-refractivity contribution >= 4 is 5.91 Å². The third-order valence-corrected chi connectivity index (χ3v) is 2.90. The number of hydrogen-bond acceptors (Lipinski definition) is 4. The van der Waals surface area contributed by atoms with Gasteiger partial charge in [-0.3, -0.25) is 4.79 Å². The van der Waals surface area contributed by atoms with Crippen molar-refractivity contribution in [2.75, 3.05) is 26.3 Å². The van der Waals surface area contributed by atoms with Crippen LogP contribution in [-0.4, -0.2) is 38.5 Å². The summed E-state index contributed by atoms with van der Waals surface area (Å²) in [6.45, 7) is 5.45. The van der Waals surface area contributed by atoms with Gasteiger partial charge in [0, 0.05) is 19.8 Å². The third kappa shape index (κ3) is 5.28. The zero-order chi connectivity index (χ0) is 14.8. The lowest BCUT2D eigenvalue weighted by Crippen LogP contribution is -2.39. The number of amides is 1. The van der Waals surface area contributed by atoms with Gasteiger partial charge in [-0.1, -0.05) is 30.3 Å². The molecule has 1 amide bonds. The molecule has 0 aromatic heterocycles. The van der Waals surface area contributed by atoms with E-state index in [0.717, 1.165) is 5.56 Å². The van der Waals surface area contributed by atoms with Gasteiger partial charge in [-0.15, -0.1) is 0 Å². The van der Waals surface area contributed by atoms with E-state index in [4.69, 9.17) is 15.2 Å². The Bertz CT molecular complexity index is 378. The topological polar surface area (TPSA) is 73.6 Å². The minimum atomic E-state index is -0.414. The van der Waals surface area contributed by atoms with Crippen LogP contribution in [0, 0.1) is 0 Å². The maximum Gasteiger partial charge on any atom is 0.229 e. The fourth-order valence-electron chi connectivity index (χ4n) is 1.92. The highest BCUT2D eigenvalue weighted by Gasteiger charge is 2.19. The van der Waals surface area contributed by atoms with Crippen LogP contribution in [0.1, 0.15) is 25.3 Å². The molecule has 0 aliphatic heterocycles. The molecule has 0 heterocycles. The van der Waals surface area contributed by atoms with E-state index in [1.165, 1.54) is 0 Å².